The van der Waals surface area contributed by atoms with E-state index in [-0.39, 0.29) is 11.3 Å². The Bertz CT molecular complexity index is 963. The number of H-pyrrole nitrogens is 1. The number of allylic oxidation sites excluding steroid dienone is 1. The zero-order chi connectivity index (χ0) is 21.2. The number of nitrogens with one attached hydrogen (secondary N) is 1. The SMILES string of the molecule is CCCOc1ccc([C@H]2C(C#N)=C(N)Oc3n[nH]c(C(C)(C)C)c32)cc1OCC. The Morgan fingerprint density at radius 2 is 2.00 bits per heavy atom. The van der Waals surface area contributed by atoms with Crippen LogP contribution < -0.4 is 19.9 Å². The maximum Gasteiger partial charge on any atom is 0.244 e. The van der Waals surface area contributed by atoms with E-state index in [4.69, 9.17) is 19.9 Å². The average molecular weight is 396 g/mol. The molecule has 7 nitrogen and oxygen atoms in total. The first-order chi connectivity index (χ1) is 13.8. The van der Waals surface area contributed by atoms with Crippen molar-refractivity contribution in [2.45, 2.75) is 52.4 Å². The van der Waals surface area contributed by atoms with Crippen molar-refractivity contribution in [1.82, 2.24) is 10.2 Å². The lowest BCUT2D eigenvalue weighted by Gasteiger charge is -2.27. The fourth-order valence-electron chi connectivity index (χ4n) is 3.45. The summed E-state index contributed by atoms with van der Waals surface area (Å²) in [5, 5.41) is 17.2. The highest BCUT2D eigenvalue weighted by atomic mass is 16.5. The zero-order valence-electron chi connectivity index (χ0n) is 17.6. The molecule has 154 valence electrons. The van der Waals surface area contributed by atoms with Crippen molar-refractivity contribution in [2.75, 3.05) is 13.2 Å². The van der Waals surface area contributed by atoms with Gasteiger partial charge in [0.1, 0.15) is 11.6 Å². The molecule has 2 aromatic rings. The lowest BCUT2D eigenvalue weighted by molar-refractivity contribution is 0.276. The van der Waals surface area contributed by atoms with Crippen LogP contribution in [0.4, 0.5) is 0 Å². The minimum atomic E-state index is -0.406. The fourth-order valence-corrected chi connectivity index (χ4v) is 3.45. The third-order valence-corrected chi connectivity index (χ3v) is 4.75. The molecule has 1 aliphatic rings. The van der Waals surface area contributed by atoms with Crippen molar-refractivity contribution < 1.29 is 14.2 Å². The van der Waals surface area contributed by atoms with Gasteiger partial charge in [0.05, 0.1) is 24.7 Å². The minimum absolute atomic E-state index is 0.0706. The second-order valence-corrected chi connectivity index (χ2v) is 7.98. The van der Waals surface area contributed by atoms with Crippen LogP contribution in [0.15, 0.2) is 29.7 Å². The molecule has 2 heterocycles. The minimum Gasteiger partial charge on any atom is -0.490 e. The molecular weight excluding hydrogens is 368 g/mol. The van der Waals surface area contributed by atoms with E-state index in [0.717, 1.165) is 23.2 Å². The number of aromatic nitrogens is 2. The monoisotopic (exact) mass is 396 g/mol. The van der Waals surface area contributed by atoms with Crippen LogP contribution in [0.1, 0.15) is 63.8 Å². The van der Waals surface area contributed by atoms with Crippen molar-refractivity contribution in [1.29, 1.82) is 5.26 Å². The maximum absolute atomic E-state index is 9.84. The molecule has 0 saturated heterocycles. The van der Waals surface area contributed by atoms with Crippen molar-refractivity contribution in [3.63, 3.8) is 0 Å². The predicted molar refractivity (Wildman–Crippen MR) is 110 cm³/mol. The molecule has 0 amide bonds. The lowest BCUT2D eigenvalue weighted by Crippen LogP contribution is -2.24. The van der Waals surface area contributed by atoms with Gasteiger partial charge in [-0.25, -0.2) is 0 Å². The summed E-state index contributed by atoms with van der Waals surface area (Å²) in [5.41, 5.74) is 8.80. The molecule has 0 fully saturated rings. The predicted octanol–water partition coefficient (Wildman–Crippen LogP) is 4.11. The molecule has 1 aliphatic heterocycles. The summed E-state index contributed by atoms with van der Waals surface area (Å²) in [4.78, 5) is 0. The number of nitrogens with zero attached hydrogens (tertiary/aromatic N) is 2. The maximum atomic E-state index is 9.84. The standard InChI is InChI=1S/C22H28N4O3/c1-6-10-28-15-9-8-13(11-16(15)27-7-2)17-14(12-23)20(24)29-21-18(17)19(25-26-21)22(3,4)5/h8-9,11,17H,6-7,10,24H2,1-5H3,(H,25,26)/t17-/m0/s1. The first kappa shape index (κ1) is 20.6. The van der Waals surface area contributed by atoms with Crippen molar-refractivity contribution in [2.24, 2.45) is 5.73 Å². The summed E-state index contributed by atoms with van der Waals surface area (Å²) < 4.78 is 17.3. The van der Waals surface area contributed by atoms with Crippen LogP contribution in [0.5, 0.6) is 17.4 Å². The normalized spacial score (nSPS) is 16.1. The smallest absolute Gasteiger partial charge is 0.244 e. The molecule has 1 aromatic heterocycles. The molecule has 3 rings (SSSR count). The zero-order valence-corrected chi connectivity index (χ0v) is 17.6. The fraction of sp³-hybridized carbons (Fsp3) is 0.455. The third kappa shape index (κ3) is 3.88. The van der Waals surface area contributed by atoms with Gasteiger partial charge < -0.3 is 19.9 Å². The van der Waals surface area contributed by atoms with Crippen LogP contribution >= 0.6 is 0 Å². The molecular formula is C22H28N4O3. The van der Waals surface area contributed by atoms with Gasteiger partial charge in [0.2, 0.25) is 11.8 Å². The highest BCUT2D eigenvalue weighted by Gasteiger charge is 2.38. The lowest BCUT2D eigenvalue weighted by atomic mass is 9.79. The van der Waals surface area contributed by atoms with Gasteiger partial charge in [0, 0.05) is 11.1 Å². The van der Waals surface area contributed by atoms with Gasteiger partial charge in [-0.15, -0.1) is 5.10 Å². The molecule has 1 aromatic carbocycles. The number of fused-ring (bicyclic) bond motifs is 1. The summed E-state index contributed by atoms with van der Waals surface area (Å²) in [6, 6.07) is 7.97. The van der Waals surface area contributed by atoms with Gasteiger partial charge >= 0.3 is 0 Å². The number of hydrogen-bond acceptors (Lipinski definition) is 6. The van der Waals surface area contributed by atoms with Gasteiger partial charge in [-0.3, -0.25) is 5.10 Å². The number of ether oxygens (including phenoxy) is 3. The first-order valence-electron chi connectivity index (χ1n) is 9.87. The van der Waals surface area contributed by atoms with Crippen molar-refractivity contribution >= 4 is 0 Å². The van der Waals surface area contributed by atoms with Crippen molar-refractivity contribution in [3.05, 3.63) is 46.5 Å². The van der Waals surface area contributed by atoms with E-state index in [1.54, 1.807) is 0 Å². The summed E-state index contributed by atoms with van der Waals surface area (Å²) in [6.07, 6.45) is 0.901. The first-order valence-corrected chi connectivity index (χ1v) is 9.87. The van der Waals surface area contributed by atoms with E-state index < -0.39 is 5.92 Å². The van der Waals surface area contributed by atoms with Crippen LogP contribution in [-0.2, 0) is 5.41 Å². The van der Waals surface area contributed by atoms with Gasteiger partial charge in [0.15, 0.2) is 11.5 Å². The number of rotatable bonds is 6. The number of aromatic amines is 1. The molecule has 0 saturated carbocycles. The molecule has 3 N–H and O–H groups in total. The van der Waals surface area contributed by atoms with E-state index in [2.05, 4.69) is 44.0 Å². The molecule has 0 spiro atoms. The van der Waals surface area contributed by atoms with Crippen LogP contribution in [0, 0.1) is 11.3 Å². The van der Waals surface area contributed by atoms with Crippen LogP contribution in [0.3, 0.4) is 0 Å². The molecule has 0 radical (unpaired) electrons. The van der Waals surface area contributed by atoms with Gasteiger partial charge in [-0.05, 0) is 31.0 Å². The number of hydrogen-bond donors (Lipinski definition) is 2. The Morgan fingerprint density at radius 3 is 2.62 bits per heavy atom. The second-order valence-electron chi connectivity index (χ2n) is 7.98. The summed E-state index contributed by atoms with van der Waals surface area (Å²) >= 11 is 0. The summed E-state index contributed by atoms with van der Waals surface area (Å²) in [6.45, 7) is 11.3. The summed E-state index contributed by atoms with van der Waals surface area (Å²) in [5.74, 6) is 1.39. The molecule has 0 aliphatic carbocycles. The quantitative estimate of drug-likeness (QED) is 0.761. The van der Waals surface area contributed by atoms with E-state index in [0.29, 0.717) is 36.2 Å². The van der Waals surface area contributed by atoms with E-state index in [1.165, 1.54) is 0 Å². The topological polar surface area (TPSA) is 106 Å². The van der Waals surface area contributed by atoms with Gasteiger partial charge in [-0.1, -0.05) is 33.8 Å². The highest BCUT2D eigenvalue weighted by Crippen LogP contribution is 2.46. The Labute approximate surface area is 171 Å². The van der Waals surface area contributed by atoms with Gasteiger partial charge in [-0.2, -0.15) is 5.26 Å². The summed E-state index contributed by atoms with van der Waals surface area (Å²) in [7, 11) is 0. The Kier molecular flexibility index (Phi) is 5.73. The second kappa shape index (κ2) is 8.08. The number of nitrogens with two attached hydrogens (primary N) is 1. The molecule has 7 heteroatoms. The molecule has 0 unspecified atom stereocenters. The molecule has 1 atom stereocenters. The van der Waals surface area contributed by atoms with E-state index in [1.807, 2.05) is 25.1 Å². The average Bonchev–Trinajstić information content (AvgIpc) is 3.09. The largest absolute Gasteiger partial charge is 0.490 e. The van der Waals surface area contributed by atoms with Crippen LogP contribution in [0.2, 0.25) is 0 Å². The van der Waals surface area contributed by atoms with Crippen LogP contribution in [0.25, 0.3) is 0 Å². The van der Waals surface area contributed by atoms with Gasteiger partial charge in [0.25, 0.3) is 0 Å². The number of nitriles is 1. The Morgan fingerprint density at radius 1 is 1.24 bits per heavy atom. The van der Waals surface area contributed by atoms with Crippen LogP contribution in [-0.4, -0.2) is 23.4 Å². The number of benzene rings is 1. The van der Waals surface area contributed by atoms with E-state index in [9.17, 15) is 5.26 Å². The highest BCUT2D eigenvalue weighted by molar-refractivity contribution is 5.58. The van der Waals surface area contributed by atoms with E-state index >= 15 is 0 Å². The Hall–Kier alpha value is -3.14. The van der Waals surface area contributed by atoms with Crippen molar-refractivity contribution in [3.8, 4) is 23.4 Å². The third-order valence-electron chi connectivity index (χ3n) is 4.75. The molecule has 0 bridgehead atoms. The Balaban J connectivity index is 2.17. The molecule has 29 heavy (non-hydrogen) atoms.